The Morgan fingerprint density at radius 3 is 1.18 bits per heavy atom. The Bertz CT molecular complexity index is 1560. The van der Waals surface area contributed by atoms with Gasteiger partial charge in [0.25, 0.3) is 0 Å². The predicted octanol–water partition coefficient (Wildman–Crippen LogP) is 8.36. The molecule has 0 atom stereocenters. The fourth-order valence-corrected chi connectivity index (χ4v) is 4.02. The summed E-state index contributed by atoms with van der Waals surface area (Å²) in [6, 6.07) is 45.2. The number of Topliss-reactive ketones (excluding diaryl/α,β-unsaturated/α-hetero) is 2. The maximum absolute atomic E-state index is 10.0. The van der Waals surface area contributed by atoms with E-state index in [2.05, 4.69) is 70.6 Å². The van der Waals surface area contributed by atoms with Gasteiger partial charge in [-0.25, -0.2) is 9.97 Å². The number of carbonyl (C=O) groups is 2. The number of pyridine rings is 2. The number of aromatic nitrogens is 2. The zero-order chi connectivity index (χ0) is 27.5. The van der Waals surface area contributed by atoms with Gasteiger partial charge in [0.05, 0.1) is 28.8 Å². The van der Waals surface area contributed by atoms with Crippen LogP contribution in [0.5, 0.6) is 0 Å². The third-order valence-electron chi connectivity index (χ3n) is 5.83. The van der Waals surface area contributed by atoms with E-state index in [1.165, 1.54) is 24.6 Å². The summed E-state index contributed by atoms with van der Waals surface area (Å²) in [6.07, 6.45) is 0.0833. The number of ketones is 2. The molecule has 2 heterocycles. The second-order valence-electron chi connectivity index (χ2n) is 9.09. The maximum atomic E-state index is 10.0. The minimum Gasteiger partial charge on any atom is -0.300 e. The average Bonchev–Trinajstić information content (AvgIpc) is 2.97. The largest absolute Gasteiger partial charge is 3.00 e. The van der Waals surface area contributed by atoms with Crippen LogP contribution in [0.4, 0.5) is 0 Å². The molecule has 0 fully saturated rings. The summed E-state index contributed by atoms with van der Waals surface area (Å²) >= 11 is 0. The quantitative estimate of drug-likeness (QED) is 0.173. The molecule has 0 amide bonds. The molecule has 0 radical (unpaired) electrons. The monoisotopic (exact) mass is 703 g/mol. The van der Waals surface area contributed by atoms with Gasteiger partial charge in [-0.1, -0.05) is 109 Å². The molecule has 4 aromatic carbocycles. The molecule has 6 aromatic rings. The molecule has 0 N–H and O–H groups in total. The van der Waals surface area contributed by atoms with E-state index in [-0.39, 0.29) is 38.1 Å². The molecule has 0 bridgehead atoms. The first-order valence-corrected chi connectivity index (χ1v) is 12.8. The van der Waals surface area contributed by atoms with Crippen LogP contribution in [0.1, 0.15) is 20.3 Å². The average molecular weight is 703 g/mol. The van der Waals surface area contributed by atoms with Crippen molar-refractivity contribution in [1.29, 1.82) is 0 Å². The van der Waals surface area contributed by atoms with E-state index < -0.39 is 0 Å². The summed E-state index contributed by atoms with van der Waals surface area (Å²) in [5.74, 6) is -0.125. The minimum atomic E-state index is -0.0625. The molecule has 0 aliphatic rings. The van der Waals surface area contributed by atoms with Crippen LogP contribution >= 0.6 is 0 Å². The van der Waals surface area contributed by atoms with Crippen LogP contribution in [0.25, 0.3) is 44.3 Å². The molecular formula is C35H30IrN2O2+3. The van der Waals surface area contributed by atoms with Gasteiger partial charge in [0, 0.05) is 21.9 Å². The predicted molar refractivity (Wildman–Crippen MR) is 160 cm³/mol. The molecule has 0 aliphatic carbocycles. The Kier molecular flexibility index (Phi) is 11.6. The van der Waals surface area contributed by atoms with Crippen molar-refractivity contribution in [1.82, 2.24) is 9.97 Å². The number of benzene rings is 4. The Morgan fingerprint density at radius 1 is 0.475 bits per heavy atom. The molecule has 2 aromatic heterocycles. The molecule has 5 heteroatoms. The van der Waals surface area contributed by atoms with E-state index in [1.54, 1.807) is 0 Å². The van der Waals surface area contributed by atoms with Crippen molar-refractivity contribution in [3.05, 3.63) is 133 Å². The van der Waals surface area contributed by atoms with E-state index in [1.807, 2.05) is 72.8 Å². The van der Waals surface area contributed by atoms with Crippen molar-refractivity contribution in [2.24, 2.45) is 0 Å². The van der Waals surface area contributed by atoms with Crippen molar-refractivity contribution >= 4 is 33.4 Å². The topological polar surface area (TPSA) is 59.9 Å². The summed E-state index contributed by atoms with van der Waals surface area (Å²) in [5, 5.41) is 2.37. The first-order chi connectivity index (χ1) is 19.0. The fraction of sp³-hybridized carbons (Fsp3) is 0.0857. The van der Waals surface area contributed by atoms with Crippen LogP contribution in [0.15, 0.2) is 133 Å². The van der Waals surface area contributed by atoms with E-state index in [4.69, 9.17) is 0 Å². The Morgan fingerprint density at radius 2 is 0.825 bits per heavy atom. The number of hydrogen-bond acceptors (Lipinski definition) is 4. The van der Waals surface area contributed by atoms with Gasteiger partial charge in [0.1, 0.15) is 11.6 Å². The van der Waals surface area contributed by atoms with Crippen molar-refractivity contribution in [3.8, 4) is 22.5 Å². The number of para-hydroxylation sites is 2. The Hall–Kier alpha value is -4.31. The second kappa shape index (κ2) is 15.3. The minimum absolute atomic E-state index is 0. The molecule has 0 saturated carbocycles. The summed E-state index contributed by atoms with van der Waals surface area (Å²) in [7, 11) is 0. The normalized spacial score (nSPS) is 9.85. The zero-order valence-electron chi connectivity index (χ0n) is 22.5. The first-order valence-electron chi connectivity index (χ1n) is 12.8. The smallest absolute Gasteiger partial charge is 0.300 e. The molecule has 0 saturated heterocycles. The second-order valence-corrected chi connectivity index (χ2v) is 9.09. The van der Waals surface area contributed by atoms with Gasteiger partial charge >= 0.3 is 20.1 Å². The zero-order valence-corrected chi connectivity index (χ0v) is 24.8. The van der Waals surface area contributed by atoms with Gasteiger partial charge in [0.15, 0.2) is 0 Å². The SMILES string of the molecule is CC(=O)CC(C)=O.[Ir+3].c1ccc(-c2ccc3ccccc3n2)cc1.c1ccc(-c2ccc3ccccc3n2)cc1. The summed E-state index contributed by atoms with van der Waals surface area (Å²) in [4.78, 5) is 29.4. The molecule has 0 unspecified atom stereocenters. The summed E-state index contributed by atoms with van der Waals surface area (Å²) in [5.41, 5.74) is 6.47. The van der Waals surface area contributed by atoms with Crippen molar-refractivity contribution < 1.29 is 29.7 Å². The third-order valence-corrected chi connectivity index (χ3v) is 5.83. The molecular weight excluding hydrogens is 673 g/mol. The number of fused-ring (bicyclic) bond motifs is 2. The molecule has 6 rings (SSSR count). The fourth-order valence-electron chi connectivity index (χ4n) is 4.02. The van der Waals surface area contributed by atoms with Crippen LogP contribution in [0, 0.1) is 0 Å². The van der Waals surface area contributed by atoms with Gasteiger partial charge in [-0.3, -0.25) is 9.59 Å². The van der Waals surface area contributed by atoms with Gasteiger partial charge in [0.2, 0.25) is 0 Å². The van der Waals surface area contributed by atoms with E-state index in [9.17, 15) is 9.59 Å². The Balaban J connectivity index is 0.000000177. The number of nitrogens with zero attached hydrogens (tertiary/aromatic N) is 2. The maximum Gasteiger partial charge on any atom is 3.00 e. The van der Waals surface area contributed by atoms with Crippen LogP contribution in [0.3, 0.4) is 0 Å². The van der Waals surface area contributed by atoms with E-state index in [0.29, 0.717) is 0 Å². The molecule has 198 valence electrons. The third kappa shape index (κ3) is 8.88. The molecule has 4 nitrogen and oxygen atoms in total. The van der Waals surface area contributed by atoms with E-state index >= 15 is 0 Å². The van der Waals surface area contributed by atoms with Crippen molar-refractivity contribution in [2.45, 2.75) is 20.3 Å². The summed E-state index contributed by atoms with van der Waals surface area (Å²) < 4.78 is 0. The van der Waals surface area contributed by atoms with Crippen molar-refractivity contribution in [2.75, 3.05) is 0 Å². The molecule has 0 aliphatic heterocycles. The van der Waals surface area contributed by atoms with Crippen LogP contribution in [-0.4, -0.2) is 21.5 Å². The van der Waals surface area contributed by atoms with Gasteiger partial charge in [-0.05, 0) is 38.1 Å². The van der Waals surface area contributed by atoms with Gasteiger partial charge < -0.3 is 0 Å². The number of carbonyl (C=O) groups excluding carboxylic acids is 2. The number of rotatable bonds is 4. The van der Waals surface area contributed by atoms with E-state index in [0.717, 1.165) is 33.5 Å². The van der Waals surface area contributed by atoms with Gasteiger partial charge in [-0.2, -0.15) is 0 Å². The molecule has 40 heavy (non-hydrogen) atoms. The van der Waals surface area contributed by atoms with Crippen LogP contribution in [0.2, 0.25) is 0 Å². The van der Waals surface area contributed by atoms with Crippen molar-refractivity contribution in [3.63, 3.8) is 0 Å². The van der Waals surface area contributed by atoms with Gasteiger partial charge in [-0.15, -0.1) is 0 Å². The Labute approximate surface area is 248 Å². The standard InChI is InChI=1S/2C15H11N.C5H8O2.Ir/c2*1-2-6-12(7-3-1)15-11-10-13-8-4-5-9-14(13)16-15;1-4(6)3-5(2)7;/h2*1-11H;3H2,1-2H3;/q;;;+3. The molecule has 0 spiro atoms. The number of hydrogen-bond donors (Lipinski definition) is 0. The first kappa shape index (κ1) is 30.2. The van der Waals surface area contributed by atoms with Crippen LogP contribution < -0.4 is 0 Å². The summed E-state index contributed by atoms with van der Waals surface area (Å²) in [6.45, 7) is 2.81. The van der Waals surface area contributed by atoms with Crippen LogP contribution in [-0.2, 0) is 29.7 Å².